The van der Waals surface area contributed by atoms with Crippen LogP contribution >= 0.6 is 15.9 Å². The zero-order valence-corrected chi connectivity index (χ0v) is 17.3. The molecule has 0 aliphatic carbocycles. The van der Waals surface area contributed by atoms with Crippen molar-refractivity contribution < 1.29 is 18.7 Å². The molecule has 0 aromatic heterocycles. The number of hydrogen-bond acceptors (Lipinski definition) is 3. The van der Waals surface area contributed by atoms with E-state index in [0.717, 1.165) is 0 Å². The molecule has 1 atom stereocenters. The molecule has 1 aliphatic heterocycles. The number of halogens is 2. The normalized spacial score (nSPS) is 17.9. The van der Waals surface area contributed by atoms with Gasteiger partial charge in [0.1, 0.15) is 11.4 Å². The smallest absolute Gasteiger partial charge is 0.410 e. The van der Waals surface area contributed by atoms with E-state index < -0.39 is 11.4 Å². The fourth-order valence-electron chi connectivity index (χ4n) is 2.72. The molecule has 0 spiro atoms. The number of hydrogen-bond donors (Lipinski definition) is 1. The fraction of sp³-hybridized carbons (Fsp3) is 0.556. The van der Waals surface area contributed by atoms with Crippen LogP contribution in [0.3, 0.4) is 0 Å². The van der Waals surface area contributed by atoms with Crippen LogP contribution in [0.1, 0.15) is 33.3 Å². The van der Waals surface area contributed by atoms with Gasteiger partial charge in [0.2, 0.25) is 0 Å². The van der Waals surface area contributed by atoms with Crippen LogP contribution in [0.25, 0.3) is 0 Å². The Hall–Kier alpha value is -1.83. The van der Waals surface area contributed by atoms with E-state index in [0.29, 0.717) is 35.4 Å². The van der Waals surface area contributed by atoms with Crippen molar-refractivity contribution in [3.05, 3.63) is 28.0 Å². The summed E-state index contributed by atoms with van der Waals surface area (Å²) in [5, 5.41) is 2.74. The molecule has 1 N–H and O–H groups in total. The Kier molecular flexibility index (Phi) is 6.16. The third-order valence-electron chi connectivity index (χ3n) is 4.12. The second-order valence-electron chi connectivity index (χ2n) is 7.43. The first kappa shape index (κ1) is 20.5. The Labute approximate surface area is 161 Å². The second-order valence-corrected chi connectivity index (χ2v) is 8.29. The van der Waals surface area contributed by atoms with E-state index >= 15 is 0 Å². The summed E-state index contributed by atoms with van der Waals surface area (Å²) < 4.78 is 19.7. The Morgan fingerprint density at radius 2 is 1.96 bits per heavy atom. The number of piperazine rings is 1. The first-order valence-corrected chi connectivity index (χ1v) is 9.29. The highest BCUT2D eigenvalue weighted by atomic mass is 79.9. The Bertz CT molecular complexity index is 706. The summed E-state index contributed by atoms with van der Waals surface area (Å²) in [6.45, 7) is 10.1. The second kappa shape index (κ2) is 7.82. The molecule has 1 aromatic rings. The molecular weight excluding hydrogens is 405 g/mol. The average Bonchev–Trinajstić information content (AvgIpc) is 2.53. The molecule has 1 aliphatic rings. The molecule has 3 amide bonds. The van der Waals surface area contributed by atoms with Crippen molar-refractivity contribution in [2.45, 2.75) is 46.3 Å². The Morgan fingerprint density at radius 3 is 2.54 bits per heavy atom. The summed E-state index contributed by atoms with van der Waals surface area (Å²) in [6.07, 6.45) is -0.379. The summed E-state index contributed by atoms with van der Waals surface area (Å²) in [6, 6.07) is 2.72. The van der Waals surface area contributed by atoms with Gasteiger partial charge in [0, 0.05) is 36.9 Å². The minimum Gasteiger partial charge on any atom is -0.444 e. The Balaban J connectivity index is 1.99. The van der Waals surface area contributed by atoms with Crippen molar-refractivity contribution in [2.75, 3.05) is 25.0 Å². The molecule has 1 saturated heterocycles. The molecule has 26 heavy (non-hydrogen) atoms. The lowest BCUT2D eigenvalue weighted by molar-refractivity contribution is 0.00589. The van der Waals surface area contributed by atoms with Crippen LogP contribution in [0.15, 0.2) is 16.6 Å². The van der Waals surface area contributed by atoms with Crippen molar-refractivity contribution >= 4 is 33.7 Å². The molecule has 144 valence electrons. The standard InChI is InChI=1S/C18H25BrFN3O3/c1-11-10-22(8-9-23(11)17(25)26-18(3,4)5)16(24)21-14-7-6-13(19)15(20)12(14)2/h6-7,11H,8-10H2,1-5H3,(H,21,24)/t11-/m1/s1. The SMILES string of the molecule is Cc1c(NC(=O)N2CCN(C(=O)OC(C)(C)C)[C@H](C)C2)ccc(Br)c1F. The summed E-state index contributed by atoms with van der Waals surface area (Å²) in [5.74, 6) is -0.397. The number of anilines is 1. The lowest BCUT2D eigenvalue weighted by Crippen LogP contribution is -2.57. The van der Waals surface area contributed by atoms with Gasteiger partial charge >= 0.3 is 12.1 Å². The molecule has 1 fully saturated rings. The van der Waals surface area contributed by atoms with Gasteiger partial charge in [-0.3, -0.25) is 0 Å². The maximum absolute atomic E-state index is 14.0. The summed E-state index contributed by atoms with van der Waals surface area (Å²) in [5.41, 5.74) is 0.236. The number of urea groups is 1. The van der Waals surface area contributed by atoms with Gasteiger partial charge in [0.25, 0.3) is 0 Å². The molecule has 0 radical (unpaired) electrons. The van der Waals surface area contributed by atoms with Crippen LogP contribution in [0.4, 0.5) is 19.7 Å². The number of carbonyl (C=O) groups excluding carboxylic acids is 2. The Morgan fingerprint density at radius 1 is 1.31 bits per heavy atom. The van der Waals surface area contributed by atoms with Gasteiger partial charge in [-0.1, -0.05) is 0 Å². The number of nitrogens with zero attached hydrogens (tertiary/aromatic N) is 2. The lowest BCUT2D eigenvalue weighted by Gasteiger charge is -2.40. The van der Waals surface area contributed by atoms with Gasteiger partial charge in [-0.05, 0) is 62.7 Å². The van der Waals surface area contributed by atoms with Gasteiger partial charge in [-0.25, -0.2) is 14.0 Å². The highest BCUT2D eigenvalue weighted by Gasteiger charge is 2.32. The van der Waals surface area contributed by atoms with Crippen molar-refractivity contribution in [3.8, 4) is 0 Å². The zero-order chi connectivity index (χ0) is 19.6. The van der Waals surface area contributed by atoms with Crippen LogP contribution in [0.2, 0.25) is 0 Å². The first-order chi connectivity index (χ1) is 12.0. The van der Waals surface area contributed by atoms with Crippen molar-refractivity contribution in [1.82, 2.24) is 9.80 Å². The molecule has 0 saturated carbocycles. The van der Waals surface area contributed by atoms with Crippen molar-refractivity contribution in [1.29, 1.82) is 0 Å². The highest BCUT2D eigenvalue weighted by Crippen LogP contribution is 2.25. The maximum atomic E-state index is 14.0. The molecule has 2 rings (SSSR count). The maximum Gasteiger partial charge on any atom is 0.410 e. The third kappa shape index (κ3) is 4.87. The van der Waals surface area contributed by atoms with Crippen LogP contribution in [-0.4, -0.2) is 53.2 Å². The lowest BCUT2D eigenvalue weighted by atomic mass is 10.2. The fourth-order valence-corrected chi connectivity index (χ4v) is 3.15. The van der Waals surface area contributed by atoms with Crippen LogP contribution < -0.4 is 5.32 Å². The van der Waals surface area contributed by atoms with Gasteiger partial charge in [0.15, 0.2) is 0 Å². The van der Waals surface area contributed by atoms with Crippen LogP contribution in [-0.2, 0) is 4.74 Å². The van der Waals surface area contributed by atoms with Crippen LogP contribution in [0.5, 0.6) is 0 Å². The number of nitrogens with one attached hydrogen (secondary N) is 1. The predicted molar refractivity (Wildman–Crippen MR) is 102 cm³/mol. The summed E-state index contributed by atoms with van der Waals surface area (Å²) >= 11 is 3.12. The van der Waals surface area contributed by atoms with E-state index in [2.05, 4.69) is 21.2 Å². The quantitative estimate of drug-likeness (QED) is 0.720. The van der Waals surface area contributed by atoms with Crippen molar-refractivity contribution in [2.24, 2.45) is 0 Å². The molecule has 6 nitrogen and oxygen atoms in total. The highest BCUT2D eigenvalue weighted by molar-refractivity contribution is 9.10. The van der Waals surface area contributed by atoms with Gasteiger partial charge in [-0.2, -0.15) is 0 Å². The van der Waals surface area contributed by atoms with Crippen LogP contribution in [0, 0.1) is 12.7 Å². The monoisotopic (exact) mass is 429 g/mol. The number of amides is 3. The minimum atomic E-state index is -0.561. The molecular formula is C18H25BrFN3O3. The topological polar surface area (TPSA) is 61.9 Å². The van der Waals surface area contributed by atoms with E-state index in [1.165, 1.54) is 0 Å². The minimum absolute atomic E-state index is 0.174. The van der Waals surface area contributed by atoms with Gasteiger partial charge in [0.05, 0.1) is 4.47 Å². The van der Waals surface area contributed by atoms with E-state index in [-0.39, 0.29) is 18.2 Å². The molecule has 0 bridgehead atoms. The van der Waals surface area contributed by atoms with E-state index in [1.807, 2.05) is 27.7 Å². The van der Waals surface area contributed by atoms with Gasteiger partial charge < -0.3 is 19.9 Å². The number of carbonyl (C=O) groups is 2. The number of ether oxygens (including phenoxy) is 1. The number of rotatable bonds is 1. The number of benzene rings is 1. The zero-order valence-electron chi connectivity index (χ0n) is 15.7. The van der Waals surface area contributed by atoms with E-state index in [4.69, 9.17) is 4.74 Å². The largest absolute Gasteiger partial charge is 0.444 e. The summed E-state index contributed by atoms with van der Waals surface area (Å²) in [7, 11) is 0. The molecule has 8 heteroatoms. The predicted octanol–water partition coefficient (Wildman–Crippen LogP) is 4.37. The molecule has 1 heterocycles. The van der Waals surface area contributed by atoms with E-state index in [9.17, 15) is 14.0 Å². The molecule has 0 unspecified atom stereocenters. The van der Waals surface area contributed by atoms with E-state index in [1.54, 1.807) is 28.9 Å². The molecule has 1 aromatic carbocycles. The first-order valence-electron chi connectivity index (χ1n) is 8.49. The van der Waals surface area contributed by atoms with Crippen molar-refractivity contribution in [3.63, 3.8) is 0 Å². The van der Waals surface area contributed by atoms with Gasteiger partial charge in [-0.15, -0.1) is 0 Å². The third-order valence-corrected chi connectivity index (χ3v) is 4.74. The average molecular weight is 430 g/mol. The summed E-state index contributed by atoms with van der Waals surface area (Å²) in [4.78, 5) is 28.0.